The van der Waals surface area contributed by atoms with Crippen LogP contribution in [0.15, 0.2) is 103 Å². The summed E-state index contributed by atoms with van der Waals surface area (Å²) in [6.45, 7) is 6.05. The molecule has 7 heteroatoms. The summed E-state index contributed by atoms with van der Waals surface area (Å²) < 4.78 is 33.4. The predicted octanol–water partition coefficient (Wildman–Crippen LogP) is 7.15. The van der Waals surface area contributed by atoms with E-state index in [9.17, 15) is 14.0 Å². The number of nitrogens with one attached hydrogen (secondary N) is 1. The Labute approximate surface area is 251 Å². The highest BCUT2D eigenvalue weighted by Crippen LogP contribution is 2.42. The molecule has 1 N–H and O–H groups in total. The first kappa shape index (κ1) is 30.0. The SMILES string of the molecule is CC(=O)NCCc1ccc(OC2O[C@H](c3ccccc3)[C@H](C)[C@@H](C)[C@H]2OC(=O)c2ccccc2)cc1-c1cccc(F)c1. The number of esters is 1. The Morgan fingerprint density at radius 2 is 1.58 bits per heavy atom. The molecule has 0 aromatic heterocycles. The molecular formula is C36H36FNO5. The molecule has 0 aliphatic carbocycles. The van der Waals surface area contributed by atoms with Crippen LogP contribution in [0.2, 0.25) is 0 Å². The Hall–Kier alpha value is -4.49. The van der Waals surface area contributed by atoms with Crippen LogP contribution in [0.4, 0.5) is 4.39 Å². The summed E-state index contributed by atoms with van der Waals surface area (Å²) in [4.78, 5) is 24.6. The molecule has 0 saturated carbocycles. The fourth-order valence-electron chi connectivity index (χ4n) is 5.50. The molecule has 0 spiro atoms. The minimum atomic E-state index is -0.908. The highest BCUT2D eigenvalue weighted by molar-refractivity contribution is 5.89. The molecule has 0 radical (unpaired) electrons. The zero-order valence-electron chi connectivity index (χ0n) is 24.5. The molecule has 5 atom stereocenters. The number of carbonyl (C=O) groups is 2. The number of benzene rings is 4. The summed E-state index contributed by atoms with van der Waals surface area (Å²) in [5.41, 5.74) is 3.84. The third kappa shape index (κ3) is 7.30. The molecule has 1 unspecified atom stereocenters. The Morgan fingerprint density at radius 3 is 2.28 bits per heavy atom. The van der Waals surface area contributed by atoms with Gasteiger partial charge in [-0.1, -0.05) is 80.6 Å². The van der Waals surface area contributed by atoms with Crippen molar-refractivity contribution in [3.63, 3.8) is 0 Å². The zero-order valence-corrected chi connectivity index (χ0v) is 24.5. The molecule has 1 heterocycles. The van der Waals surface area contributed by atoms with Crippen molar-refractivity contribution < 1.29 is 28.2 Å². The second-order valence-electron chi connectivity index (χ2n) is 11.0. The standard InChI is InChI=1S/C36H36FNO5/c1-23-24(2)34(42-35(40)28-13-8-5-9-14-28)36(43-33(23)27-11-6-4-7-12-27)41-31-18-17-26(19-20-38-25(3)39)32(22-31)29-15-10-16-30(37)21-29/h4-18,21-24,33-34,36H,19-20H2,1-3H3,(H,38,39)/t23-,24-,33+,34-,36?/m1/s1. The summed E-state index contributed by atoms with van der Waals surface area (Å²) in [5, 5.41) is 2.82. The maximum absolute atomic E-state index is 14.3. The average Bonchev–Trinajstić information content (AvgIpc) is 3.02. The summed E-state index contributed by atoms with van der Waals surface area (Å²) in [6, 6.07) is 30.7. The van der Waals surface area contributed by atoms with Crippen LogP contribution in [-0.4, -0.2) is 30.8 Å². The Balaban J connectivity index is 1.48. The van der Waals surface area contributed by atoms with Crippen LogP contribution in [0.3, 0.4) is 0 Å². The molecule has 43 heavy (non-hydrogen) atoms. The highest BCUT2D eigenvalue weighted by Gasteiger charge is 2.45. The van der Waals surface area contributed by atoms with Crippen molar-refractivity contribution >= 4 is 11.9 Å². The van der Waals surface area contributed by atoms with Crippen LogP contribution < -0.4 is 10.1 Å². The van der Waals surface area contributed by atoms with E-state index >= 15 is 0 Å². The molecule has 4 aromatic rings. The van der Waals surface area contributed by atoms with Gasteiger partial charge in [0, 0.05) is 19.4 Å². The Kier molecular flexibility index (Phi) is 9.52. The van der Waals surface area contributed by atoms with Gasteiger partial charge in [-0.2, -0.15) is 0 Å². The van der Waals surface area contributed by atoms with Crippen molar-refractivity contribution in [3.8, 4) is 16.9 Å². The van der Waals surface area contributed by atoms with Gasteiger partial charge in [-0.25, -0.2) is 9.18 Å². The van der Waals surface area contributed by atoms with E-state index < -0.39 is 18.4 Å². The first-order chi connectivity index (χ1) is 20.8. The third-order valence-electron chi connectivity index (χ3n) is 7.99. The minimum Gasteiger partial charge on any atom is -0.461 e. The lowest BCUT2D eigenvalue weighted by Gasteiger charge is -2.44. The van der Waals surface area contributed by atoms with Gasteiger partial charge in [-0.3, -0.25) is 4.79 Å². The van der Waals surface area contributed by atoms with Gasteiger partial charge in [0.05, 0.1) is 11.7 Å². The number of rotatable bonds is 9. The summed E-state index contributed by atoms with van der Waals surface area (Å²) in [7, 11) is 0. The van der Waals surface area contributed by atoms with Gasteiger partial charge in [0.2, 0.25) is 12.2 Å². The molecule has 6 nitrogen and oxygen atoms in total. The molecule has 1 aliphatic rings. The summed E-state index contributed by atoms with van der Waals surface area (Å²) in [5.74, 6) is -0.510. The first-order valence-corrected chi connectivity index (χ1v) is 14.6. The third-order valence-corrected chi connectivity index (χ3v) is 7.99. The lowest BCUT2D eigenvalue weighted by atomic mass is 9.81. The monoisotopic (exact) mass is 581 g/mol. The van der Waals surface area contributed by atoms with Crippen molar-refractivity contribution in [2.24, 2.45) is 11.8 Å². The average molecular weight is 582 g/mol. The largest absolute Gasteiger partial charge is 0.461 e. The first-order valence-electron chi connectivity index (χ1n) is 14.6. The van der Waals surface area contributed by atoms with Gasteiger partial charge in [0.25, 0.3) is 0 Å². The molecule has 5 rings (SSSR count). The molecule has 222 valence electrons. The molecule has 1 aliphatic heterocycles. The van der Waals surface area contributed by atoms with E-state index in [1.807, 2.05) is 67.6 Å². The van der Waals surface area contributed by atoms with E-state index in [-0.39, 0.29) is 29.7 Å². The Bertz CT molecular complexity index is 1540. The van der Waals surface area contributed by atoms with E-state index in [1.54, 1.807) is 30.3 Å². The van der Waals surface area contributed by atoms with Gasteiger partial charge in [-0.15, -0.1) is 0 Å². The van der Waals surface area contributed by atoms with Crippen LogP contribution in [0, 0.1) is 17.7 Å². The summed E-state index contributed by atoms with van der Waals surface area (Å²) >= 11 is 0. The predicted molar refractivity (Wildman–Crippen MR) is 163 cm³/mol. The molecule has 0 bridgehead atoms. The van der Waals surface area contributed by atoms with Crippen molar-refractivity contribution in [1.29, 1.82) is 0 Å². The van der Waals surface area contributed by atoms with Crippen LogP contribution >= 0.6 is 0 Å². The van der Waals surface area contributed by atoms with Crippen LogP contribution in [0.25, 0.3) is 11.1 Å². The smallest absolute Gasteiger partial charge is 0.338 e. The fraction of sp³-hybridized carbons (Fsp3) is 0.278. The fourth-order valence-corrected chi connectivity index (χ4v) is 5.50. The maximum atomic E-state index is 14.3. The maximum Gasteiger partial charge on any atom is 0.338 e. The van der Waals surface area contributed by atoms with E-state index in [2.05, 4.69) is 12.2 Å². The number of halogens is 1. The highest BCUT2D eigenvalue weighted by atomic mass is 19.1. The Morgan fingerprint density at radius 1 is 0.860 bits per heavy atom. The van der Waals surface area contributed by atoms with E-state index in [1.165, 1.54) is 19.1 Å². The van der Waals surface area contributed by atoms with Gasteiger partial charge >= 0.3 is 5.97 Å². The van der Waals surface area contributed by atoms with Gasteiger partial charge in [-0.05, 0) is 71.0 Å². The second kappa shape index (κ2) is 13.7. The molecular weight excluding hydrogens is 545 g/mol. The van der Waals surface area contributed by atoms with Crippen LogP contribution in [-0.2, 0) is 20.7 Å². The molecule has 1 amide bonds. The van der Waals surface area contributed by atoms with Crippen molar-refractivity contribution in [1.82, 2.24) is 5.32 Å². The van der Waals surface area contributed by atoms with Gasteiger partial charge in [0.1, 0.15) is 11.6 Å². The number of carbonyl (C=O) groups excluding carboxylic acids is 2. The molecule has 1 fully saturated rings. The second-order valence-corrected chi connectivity index (χ2v) is 11.0. The number of hydrogen-bond donors (Lipinski definition) is 1. The number of hydrogen-bond acceptors (Lipinski definition) is 5. The van der Waals surface area contributed by atoms with E-state index in [0.29, 0.717) is 29.8 Å². The quantitative estimate of drug-likeness (QED) is 0.213. The normalized spacial score (nSPS) is 21.5. The summed E-state index contributed by atoms with van der Waals surface area (Å²) in [6.07, 6.45) is -1.34. The molecule has 1 saturated heterocycles. The number of amides is 1. The topological polar surface area (TPSA) is 73.9 Å². The van der Waals surface area contributed by atoms with Gasteiger partial charge in [0.15, 0.2) is 6.10 Å². The van der Waals surface area contributed by atoms with E-state index in [4.69, 9.17) is 14.2 Å². The van der Waals surface area contributed by atoms with Crippen LogP contribution in [0.1, 0.15) is 48.4 Å². The van der Waals surface area contributed by atoms with Crippen molar-refractivity contribution in [2.45, 2.75) is 45.7 Å². The van der Waals surface area contributed by atoms with Crippen LogP contribution in [0.5, 0.6) is 5.75 Å². The zero-order chi connectivity index (χ0) is 30.3. The lowest BCUT2D eigenvalue weighted by Crippen LogP contribution is -2.50. The van der Waals surface area contributed by atoms with Crippen molar-refractivity contribution in [3.05, 3.63) is 126 Å². The number of ether oxygens (including phenoxy) is 3. The molecule has 4 aromatic carbocycles. The van der Waals surface area contributed by atoms with Gasteiger partial charge < -0.3 is 19.5 Å². The van der Waals surface area contributed by atoms with E-state index in [0.717, 1.165) is 16.7 Å². The van der Waals surface area contributed by atoms with Crippen molar-refractivity contribution in [2.75, 3.05) is 6.54 Å². The lowest BCUT2D eigenvalue weighted by molar-refractivity contribution is -0.240. The minimum absolute atomic E-state index is 0.0230.